The highest BCUT2D eigenvalue weighted by molar-refractivity contribution is 5.79. The van der Waals surface area contributed by atoms with Crippen molar-refractivity contribution in [3.05, 3.63) is 46.8 Å². The van der Waals surface area contributed by atoms with Gasteiger partial charge in [0.15, 0.2) is 0 Å². The molecule has 24 heavy (non-hydrogen) atoms. The minimum absolute atomic E-state index is 0.0206. The molecule has 0 fully saturated rings. The second-order valence-corrected chi connectivity index (χ2v) is 6.34. The van der Waals surface area contributed by atoms with Crippen molar-refractivity contribution >= 4 is 5.91 Å². The van der Waals surface area contributed by atoms with E-state index in [0.717, 1.165) is 54.0 Å². The van der Waals surface area contributed by atoms with E-state index in [-0.39, 0.29) is 11.8 Å². The molecule has 1 amide bonds. The Morgan fingerprint density at radius 2 is 2.17 bits per heavy atom. The number of amides is 1. The van der Waals surface area contributed by atoms with Crippen LogP contribution in [-0.4, -0.2) is 24.2 Å². The van der Waals surface area contributed by atoms with Crippen molar-refractivity contribution < 1.29 is 14.1 Å². The van der Waals surface area contributed by atoms with E-state index in [0.29, 0.717) is 13.2 Å². The Morgan fingerprint density at radius 3 is 2.96 bits per heavy atom. The Hall–Kier alpha value is -2.30. The monoisotopic (exact) mass is 328 g/mol. The van der Waals surface area contributed by atoms with Crippen LogP contribution in [0.5, 0.6) is 5.75 Å². The van der Waals surface area contributed by atoms with Crippen molar-refractivity contribution in [3.63, 3.8) is 0 Å². The topological polar surface area (TPSA) is 64.4 Å². The number of fused-ring (bicyclic) bond motifs is 1. The molecule has 0 saturated heterocycles. The van der Waals surface area contributed by atoms with Crippen molar-refractivity contribution in [1.82, 2.24) is 10.5 Å². The molecule has 0 radical (unpaired) electrons. The molecule has 2 aromatic rings. The van der Waals surface area contributed by atoms with Crippen LogP contribution in [0.25, 0.3) is 0 Å². The van der Waals surface area contributed by atoms with Gasteiger partial charge in [0.05, 0.1) is 12.3 Å². The van der Waals surface area contributed by atoms with Crippen LogP contribution in [0.2, 0.25) is 0 Å². The quantitative estimate of drug-likeness (QED) is 0.857. The van der Waals surface area contributed by atoms with E-state index in [2.05, 4.69) is 10.5 Å². The lowest BCUT2D eigenvalue weighted by Gasteiger charge is -2.14. The van der Waals surface area contributed by atoms with Gasteiger partial charge in [0, 0.05) is 18.0 Å². The number of carbonyl (C=O) groups is 1. The van der Waals surface area contributed by atoms with Gasteiger partial charge in [-0.2, -0.15) is 0 Å². The highest BCUT2D eigenvalue weighted by Gasteiger charge is 2.23. The Labute approximate surface area is 142 Å². The summed E-state index contributed by atoms with van der Waals surface area (Å²) in [6.07, 6.45) is 3.25. The Balaban J connectivity index is 1.49. The Morgan fingerprint density at radius 1 is 1.33 bits per heavy atom. The number of hydrogen-bond donors (Lipinski definition) is 1. The molecule has 2 heterocycles. The average Bonchev–Trinajstić information content (AvgIpc) is 2.79. The zero-order valence-electron chi connectivity index (χ0n) is 14.3. The summed E-state index contributed by atoms with van der Waals surface area (Å²) in [4.78, 5) is 12.5. The summed E-state index contributed by atoms with van der Waals surface area (Å²) in [6, 6.07) is 7.97. The fraction of sp³-hybridized carbons (Fsp3) is 0.474. The molecule has 3 rings (SSSR count). The van der Waals surface area contributed by atoms with Gasteiger partial charge in [-0.25, -0.2) is 0 Å². The van der Waals surface area contributed by atoms with E-state index < -0.39 is 0 Å². The number of benzene rings is 1. The molecule has 0 aliphatic carbocycles. The maximum atomic E-state index is 12.5. The van der Waals surface area contributed by atoms with Gasteiger partial charge in [0.1, 0.15) is 11.5 Å². The molecule has 128 valence electrons. The fourth-order valence-electron chi connectivity index (χ4n) is 3.20. The number of para-hydroxylation sites is 1. The van der Waals surface area contributed by atoms with Gasteiger partial charge in [-0.15, -0.1) is 0 Å². The van der Waals surface area contributed by atoms with Crippen LogP contribution in [-0.2, 0) is 17.6 Å². The lowest BCUT2D eigenvalue weighted by atomic mass is 9.96. The predicted molar refractivity (Wildman–Crippen MR) is 91.1 cm³/mol. The summed E-state index contributed by atoms with van der Waals surface area (Å²) in [5.74, 6) is 1.88. The van der Waals surface area contributed by atoms with E-state index in [1.54, 1.807) is 0 Å². The van der Waals surface area contributed by atoms with Gasteiger partial charge in [-0.3, -0.25) is 4.79 Å². The van der Waals surface area contributed by atoms with Crippen LogP contribution < -0.4 is 10.1 Å². The van der Waals surface area contributed by atoms with Crippen LogP contribution in [0.3, 0.4) is 0 Å². The first-order valence-electron chi connectivity index (χ1n) is 8.55. The first-order chi connectivity index (χ1) is 11.6. The van der Waals surface area contributed by atoms with Crippen LogP contribution in [0, 0.1) is 19.8 Å². The standard InChI is InChI=1S/C19H24N2O3/c1-13-17(14(2)24-21-13)7-5-10-20-19(22)16-9-11-23-18-8-4-3-6-15(18)12-16/h3-4,6,8,16H,5,7,9-12H2,1-2H3,(H,20,22). The normalized spacial score (nSPS) is 16.8. The lowest BCUT2D eigenvalue weighted by molar-refractivity contribution is -0.125. The number of ether oxygens (including phenoxy) is 1. The van der Waals surface area contributed by atoms with Crippen LogP contribution in [0.15, 0.2) is 28.8 Å². The van der Waals surface area contributed by atoms with E-state index in [4.69, 9.17) is 9.26 Å². The van der Waals surface area contributed by atoms with Gasteiger partial charge in [0.25, 0.3) is 0 Å². The number of rotatable bonds is 5. The summed E-state index contributed by atoms with van der Waals surface area (Å²) >= 11 is 0. The first kappa shape index (κ1) is 16.6. The predicted octanol–water partition coefficient (Wildman–Crippen LogP) is 2.98. The summed E-state index contributed by atoms with van der Waals surface area (Å²) in [5.41, 5.74) is 3.21. The highest BCUT2D eigenvalue weighted by atomic mass is 16.5. The van der Waals surface area contributed by atoms with E-state index in [9.17, 15) is 4.79 Å². The van der Waals surface area contributed by atoms with Crippen LogP contribution in [0.4, 0.5) is 0 Å². The zero-order valence-corrected chi connectivity index (χ0v) is 14.3. The molecular formula is C19H24N2O3. The number of aromatic nitrogens is 1. The fourth-order valence-corrected chi connectivity index (χ4v) is 3.20. The van der Waals surface area contributed by atoms with Crippen LogP contribution >= 0.6 is 0 Å². The Bertz CT molecular complexity index is 689. The molecule has 1 aromatic heterocycles. The molecule has 1 aromatic carbocycles. The van der Waals surface area contributed by atoms with Crippen molar-refractivity contribution in [3.8, 4) is 5.75 Å². The van der Waals surface area contributed by atoms with Gasteiger partial charge in [-0.05, 0) is 51.2 Å². The van der Waals surface area contributed by atoms with Gasteiger partial charge in [-0.1, -0.05) is 23.4 Å². The smallest absolute Gasteiger partial charge is 0.223 e. The summed E-state index contributed by atoms with van der Waals surface area (Å²) in [5, 5.41) is 7.03. The molecule has 1 unspecified atom stereocenters. The maximum Gasteiger partial charge on any atom is 0.223 e. The summed E-state index contributed by atoms with van der Waals surface area (Å²) in [6.45, 7) is 5.14. The minimum Gasteiger partial charge on any atom is -0.493 e. The van der Waals surface area contributed by atoms with Gasteiger partial charge in [0.2, 0.25) is 5.91 Å². The second-order valence-electron chi connectivity index (χ2n) is 6.34. The third kappa shape index (κ3) is 3.78. The summed E-state index contributed by atoms with van der Waals surface area (Å²) < 4.78 is 10.9. The first-order valence-corrected chi connectivity index (χ1v) is 8.55. The molecule has 0 spiro atoms. The van der Waals surface area contributed by atoms with Crippen molar-refractivity contribution in [2.24, 2.45) is 5.92 Å². The molecule has 5 nitrogen and oxygen atoms in total. The molecule has 0 bridgehead atoms. The average molecular weight is 328 g/mol. The third-order valence-corrected chi connectivity index (χ3v) is 4.62. The molecule has 1 aliphatic heterocycles. The highest BCUT2D eigenvalue weighted by Crippen LogP contribution is 2.26. The van der Waals surface area contributed by atoms with Crippen LogP contribution in [0.1, 0.15) is 35.4 Å². The maximum absolute atomic E-state index is 12.5. The van der Waals surface area contributed by atoms with Crippen molar-refractivity contribution in [2.45, 2.75) is 39.5 Å². The number of aryl methyl sites for hydroxylation is 2. The molecule has 1 atom stereocenters. The van der Waals surface area contributed by atoms with Gasteiger partial charge < -0.3 is 14.6 Å². The number of nitrogens with zero attached hydrogens (tertiary/aromatic N) is 1. The molecule has 5 heteroatoms. The van der Waals surface area contributed by atoms with Crippen molar-refractivity contribution in [1.29, 1.82) is 0 Å². The van der Waals surface area contributed by atoms with E-state index in [1.807, 2.05) is 38.1 Å². The van der Waals surface area contributed by atoms with Crippen molar-refractivity contribution in [2.75, 3.05) is 13.2 Å². The number of nitrogens with one attached hydrogen (secondary N) is 1. The minimum atomic E-state index is -0.0206. The third-order valence-electron chi connectivity index (χ3n) is 4.62. The SMILES string of the molecule is Cc1noc(C)c1CCCNC(=O)C1CCOc2ccccc2C1. The molecule has 1 N–H and O–H groups in total. The number of hydrogen-bond acceptors (Lipinski definition) is 4. The van der Waals surface area contributed by atoms with Gasteiger partial charge >= 0.3 is 0 Å². The molecule has 1 aliphatic rings. The molecular weight excluding hydrogens is 304 g/mol. The number of carbonyl (C=O) groups excluding carboxylic acids is 1. The summed E-state index contributed by atoms with van der Waals surface area (Å²) in [7, 11) is 0. The lowest BCUT2D eigenvalue weighted by Crippen LogP contribution is -2.33. The second kappa shape index (κ2) is 7.51. The largest absolute Gasteiger partial charge is 0.493 e. The molecule has 0 saturated carbocycles. The Kier molecular flexibility index (Phi) is 5.18. The van der Waals surface area contributed by atoms with E-state index in [1.165, 1.54) is 0 Å². The van der Waals surface area contributed by atoms with E-state index >= 15 is 0 Å². The zero-order chi connectivity index (χ0) is 16.9.